The summed E-state index contributed by atoms with van der Waals surface area (Å²) in [6.07, 6.45) is 6.47. The van der Waals surface area contributed by atoms with Gasteiger partial charge in [0.05, 0.1) is 12.2 Å². The second-order valence-corrected chi connectivity index (χ2v) is 6.36. The van der Waals surface area contributed by atoms with Gasteiger partial charge in [0.2, 0.25) is 0 Å². The van der Waals surface area contributed by atoms with Crippen molar-refractivity contribution in [3.05, 3.63) is 23.5 Å². The minimum atomic E-state index is 0.605. The summed E-state index contributed by atoms with van der Waals surface area (Å²) in [4.78, 5) is 10.2. The molecule has 0 saturated carbocycles. The lowest BCUT2D eigenvalue weighted by atomic mass is 10.1. The predicted molar refractivity (Wildman–Crippen MR) is 90.0 cm³/mol. The molecule has 2 rings (SSSR count). The predicted octanol–water partition coefficient (Wildman–Crippen LogP) is 2.89. The first-order valence-corrected chi connectivity index (χ1v) is 8.50. The SMILES string of the molecule is CCNC(=NCc1cn2ccsc2n1)NCCCC(C)C. The van der Waals surface area contributed by atoms with Gasteiger partial charge in [-0.05, 0) is 25.7 Å². The maximum absolute atomic E-state index is 4.60. The molecular weight excluding hydrogens is 282 g/mol. The normalized spacial score (nSPS) is 12.3. The Morgan fingerprint density at radius 1 is 1.43 bits per heavy atom. The molecule has 0 radical (unpaired) electrons. The monoisotopic (exact) mass is 307 g/mol. The number of aromatic nitrogens is 2. The van der Waals surface area contributed by atoms with Gasteiger partial charge in [0.15, 0.2) is 10.9 Å². The van der Waals surface area contributed by atoms with Gasteiger partial charge >= 0.3 is 0 Å². The highest BCUT2D eigenvalue weighted by molar-refractivity contribution is 7.15. The maximum Gasteiger partial charge on any atom is 0.193 e. The molecule has 2 aromatic heterocycles. The van der Waals surface area contributed by atoms with E-state index < -0.39 is 0 Å². The highest BCUT2D eigenvalue weighted by Gasteiger charge is 2.03. The molecule has 0 aromatic carbocycles. The van der Waals surface area contributed by atoms with E-state index in [1.165, 1.54) is 12.8 Å². The van der Waals surface area contributed by atoms with Gasteiger partial charge in [-0.15, -0.1) is 11.3 Å². The lowest BCUT2D eigenvalue weighted by molar-refractivity contribution is 0.549. The zero-order chi connectivity index (χ0) is 15.1. The van der Waals surface area contributed by atoms with Crippen molar-refractivity contribution in [3.8, 4) is 0 Å². The van der Waals surface area contributed by atoms with Gasteiger partial charge in [-0.1, -0.05) is 13.8 Å². The third-order valence-electron chi connectivity index (χ3n) is 3.14. The number of hydrogen-bond donors (Lipinski definition) is 2. The molecule has 2 aromatic rings. The van der Waals surface area contributed by atoms with Crippen molar-refractivity contribution in [2.24, 2.45) is 10.9 Å². The van der Waals surface area contributed by atoms with Crippen molar-refractivity contribution in [2.45, 2.75) is 40.2 Å². The average Bonchev–Trinajstić information content (AvgIpc) is 3.01. The highest BCUT2D eigenvalue weighted by atomic mass is 32.1. The second kappa shape index (κ2) is 8.02. The smallest absolute Gasteiger partial charge is 0.193 e. The van der Waals surface area contributed by atoms with Crippen LogP contribution in [0.25, 0.3) is 4.96 Å². The number of nitrogens with one attached hydrogen (secondary N) is 2. The first-order chi connectivity index (χ1) is 10.2. The third kappa shape index (κ3) is 5.04. The second-order valence-electron chi connectivity index (χ2n) is 5.48. The molecule has 2 heterocycles. The van der Waals surface area contributed by atoms with Crippen LogP contribution in [0.3, 0.4) is 0 Å². The van der Waals surface area contributed by atoms with Crippen LogP contribution in [-0.2, 0) is 6.54 Å². The minimum Gasteiger partial charge on any atom is -0.357 e. The van der Waals surface area contributed by atoms with Gasteiger partial charge < -0.3 is 10.6 Å². The molecule has 116 valence electrons. The minimum absolute atomic E-state index is 0.605. The number of rotatable bonds is 7. The summed E-state index contributed by atoms with van der Waals surface area (Å²) in [5.74, 6) is 1.63. The molecule has 0 saturated heterocycles. The summed E-state index contributed by atoms with van der Waals surface area (Å²) in [6, 6.07) is 0. The van der Waals surface area contributed by atoms with Crippen molar-refractivity contribution < 1.29 is 0 Å². The molecule has 0 bridgehead atoms. The van der Waals surface area contributed by atoms with E-state index in [9.17, 15) is 0 Å². The molecule has 6 heteroatoms. The van der Waals surface area contributed by atoms with E-state index in [1.54, 1.807) is 11.3 Å². The quantitative estimate of drug-likeness (QED) is 0.470. The molecule has 21 heavy (non-hydrogen) atoms. The number of hydrogen-bond acceptors (Lipinski definition) is 3. The van der Waals surface area contributed by atoms with Crippen molar-refractivity contribution in [3.63, 3.8) is 0 Å². The molecular formula is C15H25N5S. The van der Waals surface area contributed by atoms with Crippen LogP contribution in [0, 0.1) is 5.92 Å². The molecule has 5 nitrogen and oxygen atoms in total. The zero-order valence-electron chi connectivity index (χ0n) is 13.1. The molecule has 0 fully saturated rings. The lowest BCUT2D eigenvalue weighted by Crippen LogP contribution is -2.37. The van der Waals surface area contributed by atoms with Gasteiger partial charge in [-0.25, -0.2) is 9.98 Å². The van der Waals surface area contributed by atoms with Crippen LogP contribution in [-0.4, -0.2) is 28.4 Å². The van der Waals surface area contributed by atoms with E-state index in [4.69, 9.17) is 0 Å². The Bertz CT molecular complexity index is 541. The first-order valence-electron chi connectivity index (χ1n) is 7.62. The van der Waals surface area contributed by atoms with E-state index in [-0.39, 0.29) is 0 Å². The summed E-state index contributed by atoms with van der Waals surface area (Å²) in [6.45, 7) is 9.02. The number of thiazole rings is 1. The van der Waals surface area contributed by atoms with Crippen molar-refractivity contribution >= 4 is 22.3 Å². The summed E-state index contributed by atoms with van der Waals surface area (Å²) >= 11 is 1.64. The van der Waals surface area contributed by atoms with Crippen LogP contribution < -0.4 is 10.6 Å². The molecule has 0 atom stereocenters. The molecule has 0 spiro atoms. The van der Waals surface area contributed by atoms with Gasteiger partial charge in [0.25, 0.3) is 0 Å². The van der Waals surface area contributed by atoms with Crippen molar-refractivity contribution in [2.75, 3.05) is 13.1 Å². The summed E-state index contributed by atoms with van der Waals surface area (Å²) < 4.78 is 2.04. The van der Waals surface area contributed by atoms with E-state index in [0.29, 0.717) is 6.54 Å². The van der Waals surface area contributed by atoms with Gasteiger partial charge in [-0.3, -0.25) is 4.40 Å². The van der Waals surface area contributed by atoms with Crippen molar-refractivity contribution in [1.82, 2.24) is 20.0 Å². The van der Waals surface area contributed by atoms with Gasteiger partial charge in [0, 0.05) is 30.9 Å². The highest BCUT2D eigenvalue weighted by Crippen LogP contribution is 2.11. The Labute approximate surface area is 130 Å². The average molecular weight is 307 g/mol. The topological polar surface area (TPSA) is 53.7 Å². The Hall–Kier alpha value is -1.56. The fraction of sp³-hybridized carbons (Fsp3) is 0.600. The largest absolute Gasteiger partial charge is 0.357 e. The number of nitrogens with zero attached hydrogens (tertiary/aromatic N) is 3. The fourth-order valence-electron chi connectivity index (χ4n) is 2.07. The lowest BCUT2D eigenvalue weighted by Gasteiger charge is -2.11. The van der Waals surface area contributed by atoms with Crippen LogP contribution >= 0.6 is 11.3 Å². The van der Waals surface area contributed by atoms with Crippen LogP contribution in [0.1, 0.15) is 39.3 Å². The van der Waals surface area contributed by atoms with Gasteiger partial charge in [0.1, 0.15) is 0 Å². The number of aliphatic imine (C=N–C) groups is 1. The Balaban J connectivity index is 1.86. The Morgan fingerprint density at radius 3 is 3.00 bits per heavy atom. The van der Waals surface area contributed by atoms with Gasteiger partial charge in [-0.2, -0.15) is 0 Å². The molecule has 0 aliphatic rings. The molecule has 0 unspecified atom stereocenters. The van der Waals surface area contributed by atoms with Crippen LogP contribution in [0.4, 0.5) is 0 Å². The number of guanidine groups is 1. The van der Waals surface area contributed by atoms with Crippen LogP contribution in [0.15, 0.2) is 22.8 Å². The molecule has 2 N–H and O–H groups in total. The summed E-state index contributed by atoms with van der Waals surface area (Å²) in [7, 11) is 0. The maximum atomic E-state index is 4.60. The summed E-state index contributed by atoms with van der Waals surface area (Å²) in [5.41, 5.74) is 1.00. The first kappa shape index (κ1) is 15.8. The van der Waals surface area contributed by atoms with E-state index >= 15 is 0 Å². The van der Waals surface area contributed by atoms with Crippen LogP contribution in [0.5, 0.6) is 0 Å². The molecule has 0 aliphatic heterocycles. The van der Waals surface area contributed by atoms with Crippen molar-refractivity contribution in [1.29, 1.82) is 0 Å². The molecule has 0 amide bonds. The molecule has 0 aliphatic carbocycles. The zero-order valence-corrected chi connectivity index (χ0v) is 13.9. The summed E-state index contributed by atoms with van der Waals surface area (Å²) in [5, 5.41) is 8.69. The van der Waals surface area contributed by atoms with Crippen LogP contribution in [0.2, 0.25) is 0 Å². The number of imidazole rings is 1. The standard InChI is InChI=1S/C15H25N5S/c1-4-16-14(17-7-5-6-12(2)3)18-10-13-11-20-8-9-21-15(20)19-13/h8-9,11-12H,4-7,10H2,1-3H3,(H2,16,17,18). The third-order valence-corrected chi connectivity index (χ3v) is 3.91. The fourth-order valence-corrected chi connectivity index (χ4v) is 2.79. The Kier molecular flexibility index (Phi) is 6.04. The van der Waals surface area contributed by atoms with E-state index in [1.807, 2.05) is 22.2 Å². The number of fused-ring (bicyclic) bond motifs is 1. The Morgan fingerprint density at radius 2 is 2.29 bits per heavy atom. The van der Waals surface area contributed by atoms with E-state index in [2.05, 4.69) is 41.4 Å². The van der Waals surface area contributed by atoms with E-state index in [0.717, 1.165) is 35.6 Å².